The molecular weight excluding hydrogens is 679 g/mol. The molecule has 0 saturated carbocycles. The van der Waals surface area contributed by atoms with E-state index in [1.807, 2.05) is 12.1 Å². The van der Waals surface area contributed by atoms with E-state index in [0.29, 0.717) is 53.3 Å². The third-order valence-corrected chi connectivity index (χ3v) is 10.3. The van der Waals surface area contributed by atoms with E-state index >= 15 is 0 Å². The molecule has 0 spiro atoms. The second-order valence-electron chi connectivity index (χ2n) is 18.0. The average Bonchev–Trinajstić information content (AvgIpc) is 3.08. The fourth-order valence-corrected chi connectivity index (χ4v) is 7.02. The normalized spacial score (nSPS) is 11.4. The van der Waals surface area contributed by atoms with Gasteiger partial charge in [-0.15, -0.1) is 0 Å². The SMILES string of the molecule is CC(C)c1ccc(C(C)C)c(C(C)C)c1.CC(C)c1ccc(Cl)cc1C(C)C.CC(C)c1ccc(F)cc1C(C)C.Cc1ccc(C(C)C)c(C(C)C)c1. The fourth-order valence-electron chi connectivity index (χ4n) is 6.84. The molecule has 0 nitrogen and oxygen atoms in total. The van der Waals surface area contributed by atoms with Gasteiger partial charge in [-0.25, -0.2) is 4.39 Å². The van der Waals surface area contributed by atoms with E-state index in [1.165, 1.54) is 50.1 Å². The summed E-state index contributed by atoms with van der Waals surface area (Å²) in [5.41, 5.74) is 14.1. The van der Waals surface area contributed by atoms with Crippen LogP contribution < -0.4 is 0 Å². The molecule has 2 heteroatoms. The maximum Gasteiger partial charge on any atom is 0.123 e. The summed E-state index contributed by atoms with van der Waals surface area (Å²) in [6, 6.07) is 25.1. The van der Waals surface area contributed by atoms with Gasteiger partial charge in [-0.1, -0.05) is 190 Å². The van der Waals surface area contributed by atoms with E-state index in [2.05, 4.69) is 180 Å². The summed E-state index contributed by atoms with van der Waals surface area (Å²) in [5.74, 6) is 5.02. The molecule has 0 aromatic heterocycles. The lowest BCUT2D eigenvalue weighted by Gasteiger charge is -2.18. The van der Waals surface area contributed by atoms with Crippen LogP contribution in [0.2, 0.25) is 5.02 Å². The average molecular weight is 758 g/mol. The van der Waals surface area contributed by atoms with Gasteiger partial charge in [0.05, 0.1) is 0 Å². The Morgan fingerprint density at radius 2 is 0.648 bits per heavy atom. The predicted octanol–water partition coefficient (Wildman–Crippen LogP) is 18.0. The Bertz CT molecular complexity index is 1540. The van der Waals surface area contributed by atoms with Crippen LogP contribution in [0, 0.1) is 12.7 Å². The smallest absolute Gasteiger partial charge is 0.123 e. The highest BCUT2D eigenvalue weighted by Gasteiger charge is 2.13. The largest absolute Gasteiger partial charge is 0.207 e. The molecule has 300 valence electrons. The van der Waals surface area contributed by atoms with Crippen molar-refractivity contribution < 1.29 is 4.39 Å². The second kappa shape index (κ2) is 23.2. The number of hydrogen-bond donors (Lipinski definition) is 0. The maximum atomic E-state index is 13.0. The summed E-state index contributed by atoms with van der Waals surface area (Å²) in [6.45, 7) is 42.2. The van der Waals surface area contributed by atoms with E-state index in [-0.39, 0.29) is 5.82 Å². The van der Waals surface area contributed by atoms with E-state index in [9.17, 15) is 4.39 Å². The quantitative estimate of drug-likeness (QED) is 0.160. The summed E-state index contributed by atoms with van der Waals surface area (Å²) < 4.78 is 13.0. The van der Waals surface area contributed by atoms with E-state index in [4.69, 9.17) is 11.6 Å². The zero-order valence-electron chi connectivity index (χ0n) is 37.9. The van der Waals surface area contributed by atoms with Crippen molar-refractivity contribution in [2.45, 2.75) is 185 Å². The molecule has 4 aromatic carbocycles. The molecule has 0 aliphatic rings. The molecule has 0 bridgehead atoms. The van der Waals surface area contributed by atoms with Crippen LogP contribution in [0.1, 0.15) is 234 Å². The molecule has 0 aliphatic heterocycles. The summed E-state index contributed by atoms with van der Waals surface area (Å²) >= 11 is 5.97. The first kappa shape index (κ1) is 49.1. The van der Waals surface area contributed by atoms with Gasteiger partial charge in [0.1, 0.15) is 5.82 Å². The minimum Gasteiger partial charge on any atom is -0.207 e. The third kappa shape index (κ3) is 15.7. The van der Waals surface area contributed by atoms with E-state index in [0.717, 1.165) is 10.6 Å². The standard InChI is InChI=1S/C15H24.C13H20.C12H17Cl.C12H17F/c1-10(2)13-7-8-14(11(3)4)15(9-13)12(5)6;1-9(2)12-7-6-11(5)8-13(12)10(3)4;2*1-8(2)11-6-5-10(13)7-12(11)9(3)4/h7-12H,1-6H3;6-10H,1-5H3;2*5-9H,1-4H3. The van der Waals surface area contributed by atoms with Gasteiger partial charge in [-0.3, -0.25) is 0 Å². The molecule has 0 fully saturated rings. The summed E-state index contributed by atoms with van der Waals surface area (Å²) in [6.07, 6.45) is 0. The lowest BCUT2D eigenvalue weighted by molar-refractivity contribution is 0.620. The van der Waals surface area contributed by atoms with Gasteiger partial charge < -0.3 is 0 Å². The molecule has 0 radical (unpaired) electrons. The Morgan fingerprint density at radius 3 is 1.04 bits per heavy atom. The van der Waals surface area contributed by atoms with Crippen molar-refractivity contribution in [3.8, 4) is 0 Å². The van der Waals surface area contributed by atoms with Crippen LogP contribution in [-0.4, -0.2) is 0 Å². The van der Waals surface area contributed by atoms with Crippen LogP contribution in [0.15, 0.2) is 72.8 Å². The topological polar surface area (TPSA) is 0 Å². The minimum absolute atomic E-state index is 0.131. The van der Waals surface area contributed by atoms with Gasteiger partial charge in [0.15, 0.2) is 0 Å². The van der Waals surface area contributed by atoms with Gasteiger partial charge in [-0.05, 0) is 135 Å². The van der Waals surface area contributed by atoms with E-state index in [1.54, 1.807) is 12.1 Å². The van der Waals surface area contributed by atoms with Crippen molar-refractivity contribution >= 4 is 11.6 Å². The fraction of sp³-hybridized carbons (Fsp3) is 0.538. The van der Waals surface area contributed by atoms with Crippen LogP contribution in [0.4, 0.5) is 4.39 Å². The highest BCUT2D eigenvalue weighted by Crippen LogP contribution is 2.31. The number of aryl methyl sites for hydroxylation is 1. The van der Waals surface area contributed by atoms with Gasteiger partial charge in [-0.2, -0.15) is 0 Å². The molecule has 4 rings (SSSR count). The number of rotatable bonds is 9. The Morgan fingerprint density at radius 1 is 0.333 bits per heavy atom. The van der Waals surface area contributed by atoms with Crippen LogP contribution in [0.25, 0.3) is 0 Å². The molecular formula is C52H78ClF. The third-order valence-electron chi connectivity index (χ3n) is 10.1. The minimum atomic E-state index is -0.131. The van der Waals surface area contributed by atoms with E-state index < -0.39 is 0 Å². The first-order chi connectivity index (χ1) is 25.0. The summed E-state index contributed by atoms with van der Waals surface area (Å²) in [5, 5.41) is 0.841. The Labute approximate surface area is 338 Å². The zero-order chi connectivity index (χ0) is 41.6. The van der Waals surface area contributed by atoms with Crippen LogP contribution in [0.5, 0.6) is 0 Å². The van der Waals surface area contributed by atoms with Crippen molar-refractivity contribution in [2.75, 3.05) is 0 Å². The van der Waals surface area contributed by atoms with Crippen molar-refractivity contribution in [2.24, 2.45) is 0 Å². The first-order valence-electron chi connectivity index (χ1n) is 20.8. The van der Waals surface area contributed by atoms with Crippen LogP contribution >= 0.6 is 11.6 Å². The van der Waals surface area contributed by atoms with Crippen molar-refractivity contribution in [3.63, 3.8) is 0 Å². The highest BCUT2D eigenvalue weighted by molar-refractivity contribution is 6.30. The van der Waals surface area contributed by atoms with Gasteiger partial charge in [0.25, 0.3) is 0 Å². The molecule has 54 heavy (non-hydrogen) atoms. The lowest BCUT2D eigenvalue weighted by Crippen LogP contribution is -2.00. The Hall–Kier alpha value is -2.90. The summed E-state index contributed by atoms with van der Waals surface area (Å²) in [7, 11) is 0. The summed E-state index contributed by atoms with van der Waals surface area (Å²) in [4.78, 5) is 0. The molecule has 4 aromatic rings. The second-order valence-corrected chi connectivity index (χ2v) is 18.4. The molecule has 0 saturated heterocycles. The molecule has 0 atom stereocenters. The maximum absolute atomic E-state index is 13.0. The number of halogens is 2. The number of benzene rings is 4. The van der Waals surface area contributed by atoms with Crippen molar-refractivity contribution in [1.82, 2.24) is 0 Å². The lowest BCUT2D eigenvalue weighted by atomic mass is 9.87. The van der Waals surface area contributed by atoms with Crippen molar-refractivity contribution in [3.05, 3.63) is 139 Å². The number of hydrogen-bond acceptors (Lipinski definition) is 0. The molecule has 0 unspecified atom stereocenters. The molecule has 0 heterocycles. The molecule has 0 amide bonds. The van der Waals surface area contributed by atoms with Crippen LogP contribution in [-0.2, 0) is 0 Å². The van der Waals surface area contributed by atoms with Crippen molar-refractivity contribution in [1.29, 1.82) is 0 Å². The highest BCUT2D eigenvalue weighted by atomic mass is 35.5. The monoisotopic (exact) mass is 757 g/mol. The molecule has 0 N–H and O–H groups in total. The zero-order valence-corrected chi connectivity index (χ0v) is 38.6. The Kier molecular flexibility index (Phi) is 21.1. The molecule has 0 aliphatic carbocycles. The van der Waals surface area contributed by atoms with Gasteiger partial charge >= 0.3 is 0 Å². The van der Waals surface area contributed by atoms with Crippen LogP contribution in [0.3, 0.4) is 0 Å². The predicted molar refractivity (Wildman–Crippen MR) is 242 cm³/mol. The first-order valence-corrected chi connectivity index (χ1v) is 21.2. The van der Waals surface area contributed by atoms with Gasteiger partial charge in [0, 0.05) is 5.02 Å². The van der Waals surface area contributed by atoms with Gasteiger partial charge in [0.2, 0.25) is 0 Å². The Balaban J connectivity index is 0.000000361.